The van der Waals surface area contributed by atoms with Crippen molar-refractivity contribution in [3.8, 4) is 11.5 Å². The monoisotopic (exact) mass is 459 g/mol. The molecule has 2 aromatic rings. The summed E-state index contributed by atoms with van der Waals surface area (Å²) < 4.78 is 10.6. The van der Waals surface area contributed by atoms with Gasteiger partial charge in [-0.05, 0) is 35.9 Å². The summed E-state index contributed by atoms with van der Waals surface area (Å²) in [6.07, 6.45) is 0.711. The summed E-state index contributed by atoms with van der Waals surface area (Å²) >= 11 is 6.21. The van der Waals surface area contributed by atoms with Crippen molar-refractivity contribution < 1.29 is 29.1 Å². The van der Waals surface area contributed by atoms with Crippen LogP contribution in [0.25, 0.3) is 5.76 Å². The fourth-order valence-corrected chi connectivity index (χ4v) is 4.07. The van der Waals surface area contributed by atoms with Crippen LogP contribution in [-0.4, -0.2) is 63.1 Å². The molecule has 2 N–H and O–H groups in total. The maximum absolute atomic E-state index is 13.1. The van der Waals surface area contributed by atoms with Crippen LogP contribution in [0, 0.1) is 0 Å². The number of quaternary nitrogens is 1. The quantitative estimate of drug-likeness (QED) is 0.360. The van der Waals surface area contributed by atoms with E-state index in [1.807, 2.05) is 14.1 Å². The first-order valence-corrected chi connectivity index (χ1v) is 10.7. The molecular weight excluding hydrogens is 432 g/mol. The highest BCUT2D eigenvalue weighted by Crippen LogP contribution is 2.41. The number of benzene rings is 2. The van der Waals surface area contributed by atoms with Crippen LogP contribution in [0.5, 0.6) is 11.5 Å². The average molecular weight is 460 g/mol. The SMILES string of the molecule is COc1ccc(/C(O)=C2/C(=O)C(=O)N(CCC[NH+](C)C)[C@H]2c2cccc(Cl)c2)cc1OC. The van der Waals surface area contributed by atoms with Crippen molar-refractivity contribution in [2.45, 2.75) is 12.5 Å². The molecule has 170 valence electrons. The molecule has 1 atom stereocenters. The molecule has 1 heterocycles. The normalized spacial score (nSPS) is 17.8. The Bertz CT molecular complexity index is 1050. The average Bonchev–Trinajstić information content (AvgIpc) is 3.02. The maximum Gasteiger partial charge on any atom is 0.295 e. The van der Waals surface area contributed by atoms with Gasteiger partial charge in [0.05, 0.1) is 46.5 Å². The minimum absolute atomic E-state index is 0.0293. The number of methoxy groups -OCH3 is 2. The summed E-state index contributed by atoms with van der Waals surface area (Å²) in [6, 6.07) is 11.1. The Morgan fingerprint density at radius 2 is 1.81 bits per heavy atom. The van der Waals surface area contributed by atoms with E-state index in [2.05, 4.69) is 0 Å². The number of amides is 1. The second-order valence-electron chi connectivity index (χ2n) is 7.93. The Morgan fingerprint density at radius 1 is 1.09 bits per heavy atom. The Morgan fingerprint density at radius 3 is 2.44 bits per heavy atom. The molecule has 3 rings (SSSR count). The number of halogens is 1. The molecule has 7 nitrogen and oxygen atoms in total. The van der Waals surface area contributed by atoms with Gasteiger partial charge in [-0.15, -0.1) is 0 Å². The van der Waals surface area contributed by atoms with Crippen LogP contribution in [-0.2, 0) is 9.59 Å². The number of rotatable bonds is 8. The van der Waals surface area contributed by atoms with Gasteiger partial charge in [0.15, 0.2) is 11.5 Å². The number of carbonyl (C=O) groups is 2. The molecule has 32 heavy (non-hydrogen) atoms. The van der Waals surface area contributed by atoms with Gasteiger partial charge in [0, 0.05) is 23.6 Å². The maximum atomic E-state index is 13.1. The van der Waals surface area contributed by atoms with Crippen LogP contribution in [0.3, 0.4) is 0 Å². The first kappa shape index (κ1) is 23.6. The lowest BCUT2D eigenvalue weighted by Crippen LogP contribution is -3.05. The molecule has 0 spiro atoms. The Labute approximate surface area is 192 Å². The van der Waals surface area contributed by atoms with Gasteiger partial charge in [-0.3, -0.25) is 9.59 Å². The zero-order valence-corrected chi connectivity index (χ0v) is 19.4. The van der Waals surface area contributed by atoms with Gasteiger partial charge in [0.25, 0.3) is 11.7 Å². The number of aliphatic hydroxyl groups is 1. The summed E-state index contributed by atoms with van der Waals surface area (Å²) in [5.41, 5.74) is 1.04. The smallest absolute Gasteiger partial charge is 0.295 e. The molecule has 0 radical (unpaired) electrons. The number of ether oxygens (including phenoxy) is 2. The summed E-state index contributed by atoms with van der Waals surface area (Å²) in [7, 11) is 7.05. The van der Waals surface area contributed by atoms with E-state index < -0.39 is 17.7 Å². The predicted molar refractivity (Wildman–Crippen MR) is 122 cm³/mol. The number of ketones is 1. The van der Waals surface area contributed by atoms with Gasteiger partial charge >= 0.3 is 0 Å². The molecule has 0 aliphatic carbocycles. The molecule has 1 aliphatic rings. The number of aliphatic hydroxyl groups excluding tert-OH is 1. The Hall–Kier alpha value is -3.03. The molecule has 2 aromatic carbocycles. The lowest BCUT2D eigenvalue weighted by atomic mass is 9.95. The van der Waals surface area contributed by atoms with Gasteiger partial charge < -0.3 is 24.4 Å². The predicted octanol–water partition coefficient (Wildman–Crippen LogP) is 2.31. The van der Waals surface area contributed by atoms with E-state index in [0.717, 1.165) is 6.54 Å². The Balaban J connectivity index is 2.12. The van der Waals surface area contributed by atoms with Crippen molar-refractivity contribution in [1.82, 2.24) is 4.90 Å². The van der Waals surface area contributed by atoms with Crippen LogP contribution in [0.4, 0.5) is 0 Å². The molecule has 0 unspecified atom stereocenters. The molecule has 8 heteroatoms. The van der Waals surface area contributed by atoms with Crippen LogP contribution in [0.2, 0.25) is 5.02 Å². The fraction of sp³-hybridized carbons (Fsp3) is 0.333. The first-order chi connectivity index (χ1) is 15.3. The largest absolute Gasteiger partial charge is 0.507 e. The molecule has 0 bridgehead atoms. The third-order valence-electron chi connectivity index (χ3n) is 5.44. The highest BCUT2D eigenvalue weighted by molar-refractivity contribution is 6.46. The number of likely N-dealkylation sites (tertiary alicyclic amines) is 1. The summed E-state index contributed by atoms with van der Waals surface area (Å²) in [5.74, 6) is -0.735. The highest BCUT2D eigenvalue weighted by atomic mass is 35.5. The molecule has 0 saturated carbocycles. The molecule has 1 aliphatic heterocycles. The summed E-state index contributed by atoms with van der Waals surface area (Å²) in [5, 5.41) is 11.7. The molecule has 1 fully saturated rings. The lowest BCUT2D eigenvalue weighted by Gasteiger charge is -2.25. The molecule has 0 aromatic heterocycles. The number of nitrogens with one attached hydrogen (secondary N) is 1. The first-order valence-electron chi connectivity index (χ1n) is 10.3. The Kier molecular flexibility index (Phi) is 7.43. The van der Waals surface area contributed by atoms with E-state index in [-0.39, 0.29) is 11.3 Å². The molecule has 1 amide bonds. The van der Waals surface area contributed by atoms with Crippen LogP contribution in [0.15, 0.2) is 48.0 Å². The number of hydrogen-bond acceptors (Lipinski definition) is 5. The lowest BCUT2D eigenvalue weighted by molar-refractivity contribution is -0.858. The van der Waals surface area contributed by atoms with E-state index in [9.17, 15) is 14.7 Å². The zero-order valence-electron chi connectivity index (χ0n) is 18.6. The molecular formula is C24H28ClN2O5+. The third-order valence-corrected chi connectivity index (χ3v) is 5.67. The van der Waals surface area contributed by atoms with Gasteiger partial charge in [-0.2, -0.15) is 0 Å². The minimum Gasteiger partial charge on any atom is -0.507 e. The van der Waals surface area contributed by atoms with Crippen LogP contribution >= 0.6 is 11.6 Å². The second kappa shape index (κ2) is 10.1. The number of Topliss-reactive ketones (excluding diaryl/α,β-unsaturated/α-hetero) is 1. The van der Waals surface area contributed by atoms with Crippen molar-refractivity contribution in [1.29, 1.82) is 0 Å². The minimum atomic E-state index is -0.737. The van der Waals surface area contributed by atoms with Crippen LogP contribution < -0.4 is 14.4 Å². The van der Waals surface area contributed by atoms with E-state index >= 15 is 0 Å². The number of nitrogens with zero attached hydrogens (tertiary/aromatic N) is 1. The van der Waals surface area contributed by atoms with Crippen molar-refractivity contribution in [3.63, 3.8) is 0 Å². The second-order valence-corrected chi connectivity index (χ2v) is 8.36. The topological polar surface area (TPSA) is 80.5 Å². The van der Waals surface area contributed by atoms with Crippen LogP contribution in [0.1, 0.15) is 23.6 Å². The van der Waals surface area contributed by atoms with E-state index in [4.69, 9.17) is 21.1 Å². The van der Waals surface area contributed by atoms with Crippen molar-refractivity contribution in [3.05, 3.63) is 64.2 Å². The van der Waals surface area contributed by atoms with Crippen molar-refractivity contribution >= 4 is 29.1 Å². The van der Waals surface area contributed by atoms with Crippen molar-refractivity contribution in [2.24, 2.45) is 0 Å². The summed E-state index contributed by atoms with van der Waals surface area (Å²) in [6.45, 7) is 1.22. The van der Waals surface area contributed by atoms with Gasteiger partial charge in [0.2, 0.25) is 0 Å². The van der Waals surface area contributed by atoms with Gasteiger partial charge in [-0.25, -0.2) is 0 Å². The zero-order chi connectivity index (χ0) is 23.4. The van der Waals surface area contributed by atoms with E-state index in [1.165, 1.54) is 24.0 Å². The van der Waals surface area contributed by atoms with E-state index in [0.29, 0.717) is 40.6 Å². The van der Waals surface area contributed by atoms with Crippen molar-refractivity contribution in [2.75, 3.05) is 41.4 Å². The third kappa shape index (κ3) is 4.74. The standard InChI is InChI=1S/C24H27ClN2O5/c1-26(2)11-6-12-27-21(15-7-5-8-17(25)13-15)20(23(29)24(27)30)22(28)16-9-10-18(31-3)19(14-16)32-4/h5,7-10,13-14,21,28H,6,11-12H2,1-4H3/p+1/b22-20-/t21-/m0/s1. The van der Waals surface area contributed by atoms with Gasteiger partial charge in [0.1, 0.15) is 5.76 Å². The number of hydrogen-bond donors (Lipinski definition) is 2. The fourth-order valence-electron chi connectivity index (χ4n) is 3.88. The summed E-state index contributed by atoms with van der Waals surface area (Å²) in [4.78, 5) is 28.8. The highest BCUT2D eigenvalue weighted by Gasteiger charge is 2.46. The van der Waals surface area contributed by atoms with E-state index in [1.54, 1.807) is 42.5 Å². The van der Waals surface area contributed by atoms with Gasteiger partial charge in [-0.1, -0.05) is 23.7 Å². The number of carbonyl (C=O) groups excluding carboxylic acids is 2. The molecule has 1 saturated heterocycles.